The van der Waals surface area contributed by atoms with Crippen molar-refractivity contribution in [1.82, 2.24) is 0 Å². The molecule has 0 heterocycles. The van der Waals surface area contributed by atoms with Gasteiger partial charge in [0.1, 0.15) is 12.4 Å². The molecule has 0 bridgehead atoms. The van der Waals surface area contributed by atoms with Crippen molar-refractivity contribution < 1.29 is 19.2 Å². The molecule has 2 aromatic rings. The van der Waals surface area contributed by atoms with Gasteiger partial charge in [-0.15, -0.1) is 0 Å². The molecule has 1 saturated carbocycles. The quantitative estimate of drug-likeness (QED) is 0.450. The Morgan fingerprint density at radius 2 is 1.96 bits per heavy atom. The second kappa shape index (κ2) is 7.64. The fourth-order valence-corrected chi connectivity index (χ4v) is 3.82. The number of hydrogen-bond donors (Lipinski definition) is 0. The lowest BCUT2D eigenvalue weighted by Gasteiger charge is -2.17. The van der Waals surface area contributed by atoms with Crippen molar-refractivity contribution >= 4 is 22.5 Å². The van der Waals surface area contributed by atoms with Crippen LogP contribution in [0.2, 0.25) is 0 Å². The van der Waals surface area contributed by atoms with Crippen LogP contribution in [0.1, 0.15) is 25.3 Å². The molecule has 0 spiro atoms. The van der Waals surface area contributed by atoms with E-state index in [4.69, 9.17) is 4.74 Å². The number of Topliss-reactive ketones (excluding diaryl/α,β-unsaturated/α-hetero) is 1. The minimum Gasteiger partial charge on any atom is -0.461 e. The smallest absolute Gasteiger partial charge is 0.306 e. The molecule has 1 aliphatic rings. The fraction of sp³-hybridized carbons (Fsp3) is 0.400. The van der Waals surface area contributed by atoms with Crippen LogP contribution in [-0.4, -0.2) is 23.2 Å². The van der Waals surface area contributed by atoms with Gasteiger partial charge in [0.15, 0.2) is 0 Å². The normalized spacial score (nSPS) is 22.5. The van der Waals surface area contributed by atoms with Crippen LogP contribution in [0.25, 0.3) is 10.8 Å². The van der Waals surface area contributed by atoms with Gasteiger partial charge in [0.25, 0.3) is 0 Å². The Balaban J connectivity index is 1.64. The Labute approximate surface area is 151 Å². The van der Waals surface area contributed by atoms with Crippen molar-refractivity contribution in [3.8, 4) is 0 Å². The summed E-state index contributed by atoms with van der Waals surface area (Å²) in [5.74, 6) is -1.66. The monoisotopic (exact) mass is 355 g/mol. The molecule has 2 aromatic carbocycles. The van der Waals surface area contributed by atoms with E-state index in [1.165, 1.54) is 0 Å². The van der Waals surface area contributed by atoms with Gasteiger partial charge in [0.2, 0.25) is 6.54 Å². The van der Waals surface area contributed by atoms with E-state index in [2.05, 4.69) is 0 Å². The van der Waals surface area contributed by atoms with Gasteiger partial charge in [0, 0.05) is 23.2 Å². The van der Waals surface area contributed by atoms with Gasteiger partial charge >= 0.3 is 5.97 Å². The molecular formula is C20H21NO5. The summed E-state index contributed by atoms with van der Waals surface area (Å²) in [4.78, 5) is 34.8. The van der Waals surface area contributed by atoms with E-state index in [9.17, 15) is 19.7 Å². The molecule has 1 fully saturated rings. The highest BCUT2D eigenvalue weighted by Gasteiger charge is 2.44. The molecule has 136 valence electrons. The summed E-state index contributed by atoms with van der Waals surface area (Å²) in [6, 6.07) is 13.6. The number of fused-ring (bicyclic) bond motifs is 1. The number of rotatable bonds is 6. The van der Waals surface area contributed by atoms with Crippen molar-refractivity contribution in [2.24, 2.45) is 17.8 Å². The average molecular weight is 355 g/mol. The number of carbonyl (C=O) groups is 2. The van der Waals surface area contributed by atoms with Crippen LogP contribution in [-0.2, 0) is 20.9 Å². The Kier molecular flexibility index (Phi) is 5.30. The predicted molar refractivity (Wildman–Crippen MR) is 96.0 cm³/mol. The van der Waals surface area contributed by atoms with Crippen molar-refractivity contribution in [2.75, 3.05) is 6.54 Å². The molecule has 6 nitrogen and oxygen atoms in total. The number of ether oxygens (including phenoxy) is 1. The topological polar surface area (TPSA) is 86.5 Å². The van der Waals surface area contributed by atoms with Gasteiger partial charge < -0.3 is 4.74 Å². The summed E-state index contributed by atoms with van der Waals surface area (Å²) in [7, 11) is 0. The first-order valence-electron chi connectivity index (χ1n) is 8.72. The molecule has 0 aromatic heterocycles. The number of nitrogens with zero attached hydrogens (tertiary/aromatic N) is 1. The maximum absolute atomic E-state index is 12.2. The molecule has 0 saturated heterocycles. The molecule has 3 atom stereocenters. The lowest BCUT2D eigenvalue weighted by molar-refractivity contribution is -0.490. The zero-order valence-corrected chi connectivity index (χ0v) is 14.6. The third kappa shape index (κ3) is 3.90. The number of benzene rings is 2. The van der Waals surface area contributed by atoms with E-state index >= 15 is 0 Å². The van der Waals surface area contributed by atoms with Gasteiger partial charge in [-0.3, -0.25) is 19.7 Å². The number of ketones is 1. The summed E-state index contributed by atoms with van der Waals surface area (Å²) in [5, 5.41) is 12.9. The first kappa shape index (κ1) is 18.0. The summed E-state index contributed by atoms with van der Waals surface area (Å²) in [6.45, 7) is 1.66. The van der Waals surface area contributed by atoms with Crippen LogP contribution in [0.5, 0.6) is 0 Å². The maximum atomic E-state index is 12.2. The summed E-state index contributed by atoms with van der Waals surface area (Å²) in [5.41, 5.74) is 0.893. The predicted octanol–water partition coefficient (Wildman–Crippen LogP) is 3.39. The summed E-state index contributed by atoms with van der Waals surface area (Å²) >= 11 is 0. The third-order valence-electron chi connectivity index (χ3n) is 5.20. The minimum atomic E-state index is -0.615. The van der Waals surface area contributed by atoms with Crippen molar-refractivity contribution in [2.45, 2.75) is 26.4 Å². The van der Waals surface area contributed by atoms with Crippen LogP contribution in [0.4, 0.5) is 0 Å². The van der Waals surface area contributed by atoms with Crippen molar-refractivity contribution in [3.05, 3.63) is 58.1 Å². The molecule has 26 heavy (non-hydrogen) atoms. The van der Waals surface area contributed by atoms with E-state index < -0.39 is 22.7 Å². The highest BCUT2D eigenvalue weighted by atomic mass is 16.6. The van der Waals surface area contributed by atoms with Crippen molar-refractivity contribution in [3.63, 3.8) is 0 Å². The lowest BCUT2D eigenvalue weighted by Crippen LogP contribution is -2.27. The van der Waals surface area contributed by atoms with E-state index in [1.54, 1.807) is 0 Å². The van der Waals surface area contributed by atoms with E-state index in [0.29, 0.717) is 6.42 Å². The molecule has 1 aliphatic carbocycles. The van der Waals surface area contributed by atoms with Gasteiger partial charge in [0.05, 0.1) is 6.42 Å². The number of nitro groups is 1. The van der Waals surface area contributed by atoms with E-state index in [1.807, 2.05) is 49.4 Å². The lowest BCUT2D eigenvalue weighted by atomic mass is 9.88. The summed E-state index contributed by atoms with van der Waals surface area (Å²) < 4.78 is 5.37. The number of hydrogen-bond acceptors (Lipinski definition) is 5. The molecule has 0 radical (unpaired) electrons. The van der Waals surface area contributed by atoms with Gasteiger partial charge in [-0.05, 0) is 22.3 Å². The fourth-order valence-electron chi connectivity index (χ4n) is 3.82. The van der Waals surface area contributed by atoms with Crippen LogP contribution in [0.15, 0.2) is 42.5 Å². The molecule has 6 heteroatoms. The zero-order chi connectivity index (χ0) is 18.7. The van der Waals surface area contributed by atoms with E-state index in [-0.39, 0.29) is 31.3 Å². The molecule has 0 aliphatic heterocycles. The van der Waals surface area contributed by atoms with Crippen LogP contribution in [0.3, 0.4) is 0 Å². The Hall–Kier alpha value is -2.76. The Bertz CT molecular complexity index is 842. The van der Waals surface area contributed by atoms with Gasteiger partial charge in [-0.1, -0.05) is 49.4 Å². The molecule has 0 N–H and O–H groups in total. The van der Waals surface area contributed by atoms with Crippen LogP contribution >= 0.6 is 0 Å². The zero-order valence-electron chi connectivity index (χ0n) is 14.6. The van der Waals surface area contributed by atoms with Gasteiger partial charge in [-0.25, -0.2) is 0 Å². The first-order chi connectivity index (χ1) is 12.5. The second-order valence-electron chi connectivity index (χ2n) is 6.94. The maximum Gasteiger partial charge on any atom is 0.306 e. The molecule has 3 rings (SSSR count). The minimum absolute atomic E-state index is 0.0774. The second-order valence-corrected chi connectivity index (χ2v) is 6.94. The van der Waals surface area contributed by atoms with Crippen molar-refractivity contribution in [1.29, 1.82) is 0 Å². The van der Waals surface area contributed by atoms with Crippen LogP contribution < -0.4 is 0 Å². The largest absolute Gasteiger partial charge is 0.461 e. The average Bonchev–Trinajstić information content (AvgIpc) is 2.86. The first-order valence-corrected chi connectivity index (χ1v) is 8.72. The SMILES string of the molecule is C[C@@H]1CC(=O)[C@@H](CC(=O)OCc2cccc3ccccc23)[C@@H]1C[N+](=O)[O-]. The van der Waals surface area contributed by atoms with Crippen LogP contribution in [0, 0.1) is 27.9 Å². The Morgan fingerprint density at radius 1 is 1.23 bits per heavy atom. The highest BCUT2D eigenvalue weighted by Crippen LogP contribution is 2.36. The third-order valence-corrected chi connectivity index (χ3v) is 5.20. The summed E-state index contributed by atoms with van der Waals surface area (Å²) in [6.07, 6.45) is 0.201. The van der Waals surface area contributed by atoms with E-state index in [0.717, 1.165) is 16.3 Å². The standard InChI is InChI=1S/C20H21NO5/c1-13-9-19(22)17(18(13)11-21(24)25)10-20(23)26-12-15-7-4-6-14-5-2-3-8-16(14)15/h2-8,13,17-18H,9-12H2,1H3/t13-,17+,18-/m1/s1. The molecule has 0 amide bonds. The number of esters is 1. The van der Waals surface area contributed by atoms with Gasteiger partial charge in [-0.2, -0.15) is 0 Å². The highest BCUT2D eigenvalue weighted by molar-refractivity contribution is 5.88. The Morgan fingerprint density at radius 3 is 2.73 bits per heavy atom. The molecular weight excluding hydrogens is 334 g/mol. The number of carbonyl (C=O) groups excluding carboxylic acids is 2. The molecule has 0 unspecified atom stereocenters.